The molecular formula is C49H97NO6. The molecule has 0 aromatic carbocycles. The highest BCUT2D eigenvalue weighted by Crippen LogP contribution is 2.23. The molecule has 0 radical (unpaired) electrons. The molecule has 0 amide bonds. The fraction of sp³-hybridized carbons (Fsp3) is 0.939. The van der Waals surface area contributed by atoms with Crippen LogP contribution in [0.1, 0.15) is 233 Å². The lowest BCUT2D eigenvalue weighted by atomic mass is 9.92. The minimum atomic E-state index is 0.00488. The Balaban J connectivity index is 0. The van der Waals surface area contributed by atoms with Gasteiger partial charge in [-0.1, -0.05) is 169 Å². The maximum Gasteiger partial charge on any atom is 0.306 e. The van der Waals surface area contributed by atoms with Gasteiger partial charge in [0.15, 0.2) is 0 Å². The fourth-order valence-electron chi connectivity index (χ4n) is 7.38. The molecular weight excluding hydrogens is 699 g/mol. The summed E-state index contributed by atoms with van der Waals surface area (Å²) in [5, 5.41) is 0. The summed E-state index contributed by atoms with van der Waals surface area (Å²) in [6.07, 6.45) is 37.5. The van der Waals surface area contributed by atoms with Gasteiger partial charge in [-0.05, 0) is 77.3 Å². The highest BCUT2D eigenvalue weighted by molar-refractivity contribution is 5.70. The van der Waals surface area contributed by atoms with Crippen molar-refractivity contribution in [2.24, 2.45) is 17.8 Å². The first-order valence-electron chi connectivity index (χ1n) is 24.2. The van der Waals surface area contributed by atoms with Gasteiger partial charge in [0.05, 0.1) is 19.8 Å². The van der Waals surface area contributed by atoms with E-state index in [4.69, 9.17) is 14.2 Å². The number of unbranched alkanes of at least 4 members (excludes halogenated alkanes) is 18. The van der Waals surface area contributed by atoms with E-state index in [0.717, 1.165) is 90.2 Å². The van der Waals surface area contributed by atoms with Gasteiger partial charge in [0.2, 0.25) is 0 Å². The van der Waals surface area contributed by atoms with Crippen molar-refractivity contribution in [3.8, 4) is 0 Å². The van der Waals surface area contributed by atoms with Gasteiger partial charge in [0.25, 0.3) is 0 Å². The SMILES string of the molecule is CCCCCC(CCCCC)CC(=O)OCCCCCCCCC(C=O)CCCCCCCCOC(=O)CC(CCCCC)CCCCC.COCCN(C)C. The number of hydrogen-bond acceptors (Lipinski definition) is 7. The van der Waals surface area contributed by atoms with Crippen molar-refractivity contribution < 1.29 is 28.6 Å². The van der Waals surface area contributed by atoms with Crippen LogP contribution in [0, 0.1) is 17.8 Å². The van der Waals surface area contributed by atoms with Crippen LogP contribution >= 0.6 is 0 Å². The Bertz CT molecular complexity index is 744. The van der Waals surface area contributed by atoms with Gasteiger partial charge in [-0.25, -0.2) is 0 Å². The van der Waals surface area contributed by atoms with Gasteiger partial charge in [-0.3, -0.25) is 9.59 Å². The van der Waals surface area contributed by atoms with Gasteiger partial charge in [-0.15, -0.1) is 0 Å². The van der Waals surface area contributed by atoms with Gasteiger partial charge >= 0.3 is 11.9 Å². The molecule has 0 saturated heterocycles. The number of hydrogen-bond donors (Lipinski definition) is 0. The third kappa shape index (κ3) is 43.6. The number of carbonyl (C=O) groups excluding carboxylic acids is 3. The number of nitrogens with zero attached hydrogens (tertiary/aromatic N) is 1. The van der Waals surface area contributed by atoms with E-state index in [1.54, 1.807) is 7.11 Å². The second-order valence-electron chi connectivity index (χ2n) is 17.1. The normalized spacial score (nSPS) is 11.4. The number of methoxy groups -OCH3 is 1. The average Bonchev–Trinajstić information content (AvgIpc) is 3.18. The molecule has 0 aromatic heterocycles. The molecule has 0 saturated carbocycles. The summed E-state index contributed by atoms with van der Waals surface area (Å²) in [4.78, 5) is 38.5. The van der Waals surface area contributed by atoms with E-state index in [2.05, 4.69) is 32.6 Å². The number of esters is 2. The van der Waals surface area contributed by atoms with Crippen LogP contribution in [-0.2, 0) is 28.6 Å². The second-order valence-corrected chi connectivity index (χ2v) is 17.1. The Labute approximate surface area is 349 Å². The summed E-state index contributed by atoms with van der Waals surface area (Å²) >= 11 is 0. The van der Waals surface area contributed by atoms with Crippen LogP contribution in [0.25, 0.3) is 0 Å². The zero-order valence-corrected chi connectivity index (χ0v) is 38.7. The molecule has 0 heterocycles. The first-order chi connectivity index (χ1) is 27.3. The number of carbonyl (C=O) groups is 3. The average molecular weight is 796 g/mol. The molecule has 0 aliphatic rings. The van der Waals surface area contributed by atoms with Crippen molar-refractivity contribution in [3.05, 3.63) is 0 Å². The highest BCUT2D eigenvalue weighted by atomic mass is 16.5. The molecule has 56 heavy (non-hydrogen) atoms. The van der Waals surface area contributed by atoms with E-state index < -0.39 is 0 Å². The third-order valence-corrected chi connectivity index (χ3v) is 11.2. The molecule has 0 aromatic rings. The predicted molar refractivity (Wildman–Crippen MR) is 239 cm³/mol. The van der Waals surface area contributed by atoms with Gasteiger partial charge in [0.1, 0.15) is 6.29 Å². The molecule has 0 N–H and O–H groups in total. The number of rotatable bonds is 42. The van der Waals surface area contributed by atoms with E-state index in [-0.39, 0.29) is 17.9 Å². The molecule has 0 rings (SSSR count). The summed E-state index contributed by atoms with van der Waals surface area (Å²) in [6, 6.07) is 0. The smallest absolute Gasteiger partial charge is 0.306 e. The zero-order chi connectivity index (χ0) is 41.7. The maximum absolute atomic E-state index is 12.4. The van der Waals surface area contributed by atoms with Gasteiger partial charge in [-0.2, -0.15) is 0 Å². The predicted octanol–water partition coefficient (Wildman–Crippen LogP) is 13.9. The van der Waals surface area contributed by atoms with Crippen molar-refractivity contribution in [1.82, 2.24) is 4.90 Å². The number of ether oxygens (including phenoxy) is 3. The first kappa shape index (κ1) is 56.6. The van der Waals surface area contributed by atoms with Crippen LogP contribution in [0.2, 0.25) is 0 Å². The first-order valence-corrected chi connectivity index (χ1v) is 24.2. The Morgan fingerprint density at radius 3 is 1.07 bits per heavy atom. The lowest BCUT2D eigenvalue weighted by molar-refractivity contribution is -0.146. The summed E-state index contributed by atoms with van der Waals surface area (Å²) in [5.41, 5.74) is 0. The molecule has 334 valence electrons. The van der Waals surface area contributed by atoms with Crippen LogP contribution in [-0.4, -0.2) is 70.7 Å². The van der Waals surface area contributed by atoms with Crippen LogP contribution in [0.15, 0.2) is 0 Å². The minimum Gasteiger partial charge on any atom is -0.466 e. The standard InChI is InChI=1S/C44H84O5.C5H13NO/c1-5-9-21-29-40(30-22-10-6-2)37-43(46)48-35-27-19-15-13-17-25-33-42(39-45)34-26-18-14-16-20-28-36-49-44(47)38-41(31-23-11-7-3)32-24-12-8-4;1-6(2)4-5-7-3/h39-42H,5-38H2,1-4H3;4-5H2,1-3H3. The van der Waals surface area contributed by atoms with Crippen LogP contribution < -0.4 is 0 Å². The molecule has 0 atom stereocenters. The summed E-state index contributed by atoms with van der Waals surface area (Å²) in [7, 11) is 5.77. The van der Waals surface area contributed by atoms with Crippen molar-refractivity contribution in [3.63, 3.8) is 0 Å². The molecule has 0 aliphatic carbocycles. The van der Waals surface area contributed by atoms with Crippen molar-refractivity contribution in [1.29, 1.82) is 0 Å². The molecule has 0 fully saturated rings. The maximum atomic E-state index is 12.4. The molecule has 7 heteroatoms. The van der Waals surface area contributed by atoms with E-state index >= 15 is 0 Å². The largest absolute Gasteiger partial charge is 0.466 e. The molecule has 0 unspecified atom stereocenters. The van der Waals surface area contributed by atoms with E-state index in [0.29, 0.717) is 37.9 Å². The van der Waals surface area contributed by atoms with Gasteiger partial charge < -0.3 is 23.9 Å². The molecule has 7 nitrogen and oxygen atoms in total. The van der Waals surface area contributed by atoms with E-state index in [1.165, 1.54) is 122 Å². The monoisotopic (exact) mass is 796 g/mol. The topological polar surface area (TPSA) is 82.1 Å². The molecule has 0 bridgehead atoms. The lowest BCUT2D eigenvalue weighted by Crippen LogP contribution is -2.16. The third-order valence-electron chi connectivity index (χ3n) is 11.2. The van der Waals surface area contributed by atoms with Gasteiger partial charge in [0, 0.05) is 32.4 Å². The molecule has 0 spiro atoms. The van der Waals surface area contributed by atoms with Crippen LogP contribution in [0.4, 0.5) is 0 Å². The lowest BCUT2D eigenvalue weighted by Gasteiger charge is -2.16. The Hall–Kier alpha value is -1.47. The quantitative estimate of drug-likeness (QED) is 0.0346. The highest BCUT2D eigenvalue weighted by Gasteiger charge is 2.16. The van der Waals surface area contributed by atoms with Crippen molar-refractivity contribution in [2.45, 2.75) is 233 Å². The summed E-state index contributed by atoms with van der Waals surface area (Å²) < 4.78 is 16.0. The van der Waals surface area contributed by atoms with Crippen molar-refractivity contribution >= 4 is 18.2 Å². The summed E-state index contributed by atoms with van der Waals surface area (Å²) in [6.45, 7) is 11.9. The van der Waals surface area contributed by atoms with Crippen LogP contribution in [0.5, 0.6) is 0 Å². The van der Waals surface area contributed by atoms with Crippen molar-refractivity contribution in [2.75, 3.05) is 47.6 Å². The fourth-order valence-corrected chi connectivity index (χ4v) is 7.38. The van der Waals surface area contributed by atoms with Crippen LogP contribution in [0.3, 0.4) is 0 Å². The Morgan fingerprint density at radius 1 is 0.464 bits per heavy atom. The summed E-state index contributed by atoms with van der Waals surface area (Å²) in [5.74, 6) is 1.21. The number of likely N-dealkylation sites (N-methyl/N-ethyl adjacent to an activating group) is 1. The second kappa shape index (κ2) is 46.2. The molecule has 0 aliphatic heterocycles. The zero-order valence-electron chi connectivity index (χ0n) is 38.7. The van der Waals surface area contributed by atoms with E-state index in [9.17, 15) is 14.4 Å². The number of aldehydes is 1. The Kier molecular flexibility index (Phi) is 46.7. The van der Waals surface area contributed by atoms with E-state index in [1.807, 2.05) is 14.1 Å². The Morgan fingerprint density at radius 2 is 0.786 bits per heavy atom. The minimum absolute atomic E-state index is 0.00488.